The largest absolute Gasteiger partial charge is 0.395 e. The van der Waals surface area contributed by atoms with Crippen LogP contribution in [0.25, 0.3) is 0 Å². The summed E-state index contributed by atoms with van der Waals surface area (Å²) in [4.78, 5) is 2.38. The van der Waals surface area contributed by atoms with Gasteiger partial charge in [-0.15, -0.1) is 0 Å². The highest BCUT2D eigenvalue weighted by atomic mass is 16.3. The number of nitrogens with zero attached hydrogens (tertiary/aromatic N) is 1. The molecule has 0 spiro atoms. The summed E-state index contributed by atoms with van der Waals surface area (Å²) in [5.74, 6) is 0.779. The topological polar surface area (TPSA) is 35.5 Å². The van der Waals surface area contributed by atoms with Crippen LogP contribution in [0.2, 0.25) is 0 Å². The lowest BCUT2D eigenvalue weighted by atomic mass is 9.97. The van der Waals surface area contributed by atoms with Crippen molar-refractivity contribution in [2.45, 2.75) is 19.4 Å². The molecule has 0 amide bonds. The van der Waals surface area contributed by atoms with Crippen LogP contribution in [0.4, 0.5) is 0 Å². The Hall–Kier alpha value is -0.900. The van der Waals surface area contributed by atoms with Crippen LogP contribution < -0.4 is 5.32 Å². The lowest BCUT2D eigenvalue weighted by Gasteiger charge is -2.29. The van der Waals surface area contributed by atoms with Gasteiger partial charge in [0, 0.05) is 19.6 Å². The van der Waals surface area contributed by atoms with Crippen molar-refractivity contribution in [1.82, 2.24) is 10.2 Å². The highest BCUT2D eigenvalue weighted by Gasteiger charge is 2.16. The third kappa shape index (κ3) is 4.41. The Balaban J connectivity index is 1.86. The maximum absolute atomic E-state index is 9.19. The van der Waals surface area contributed by atoms with Crippen LogP contribution in [0.1, 0.15) is 18.4 Å². The van der Waals surface area contributed by atoms with Crippen LogP contribution in [0, 0.1) is 5.92 Å². The first-order valence-electron chi connectivity index (χ1n) is 6.96. The average molecular weight is 248 g/mol. The third-order valence-electron chi connectivity index (χ3n) is 3.64. The molecule has 3 heteroatoms. The van der Waals surface area contributed by atoms with Gasteiger partial charge in [0.25, 0.3) is 0 Å². The molecular weight excluding hydrogens is 224 g/mol. The number of rotatable bonds is 6. The Morgan fingerprint density at radius 1 is 1.17 bits per heavy atom. The van der Waals surface area contributed by atoms with Crippen molar-refractivity contribution >= 4 is 0 Å². The quantitative estimate of drug-likeness (QED) is 0.800. The number of hydrogen-bond acceptors (Lipinski definition) is 3. The monoisotopic (exact) mass is 248 g/mol. The molecule has 1 saturated heterocycles. The number of aliphatic hydroxyl groups is 1. The lowest BCUT2D eigenvalue weighted by molar-refractivity contribution is 0.157. The summed E-state index contributed by atoms with van der Waals surface area (Å²) in [6.07, 6.45) is 2.52. The van der Waals surface area contributed by atoms with Gasteiger partial charge in [-0.05, 0) is 37.4 Å². The molecule has 0 aromatic heterocycles. The third-order valence-corrected chi connectivity index (χ3v) is 3.64. The zero-order chi connectivity index (χ0) is 12.6. The molecule has 0 atom stereocenters. The number of nitrogens with one attached hydrogen (secondary N) is 1. The van der Waals surface area contributed by atoms with E-state index in [1.807, 2.05) is 6.07 Å². The highest BCUT2D eigenvalue weighted by molar-refractivity contribution is 5.14. The predicted octanol–water partition coefficient (Wildman–Crippen LogP) is 1.48. The fourth-order valence-corrected chi connectivity index (χ4v) is 2.65. The van der Waals surface area contributed by atoms with Gasteiger partial charge in [-0.2, -0.15) is 0 Å². The zero-order valence-corrected chi connectivity index (χ0v) is 11.0. The van der Waals surface area contributed by atoms with Crippen LogP contribution in [-0.4, -0.2) is 42.8 Å². The van der Waals surface area contributed by atoms with E-state index in [0.29, 0.717) is 0 Å². The molecule has 0 radical (unpaired) electrons. The maximum Gasteiger partial charge on any atom is 0.0558 e. The van der Waals surface area contributed by atoms with Crippen LogP contribution in [-0.2, 0) is 6.54 Å². The highest BCUT2D eigenvalue weighted by Crippen LogP contribution is 2.15. The Morgan fingerprint density at radius 3 is 2.56 bits per heavy atom. The molecule has 100 valence electrons. The van der Waals surface area contributed by atoms with E-state index in [1.54, 1.807) is 0 Å². The summed E-state index contributed by atoms with van der Waals surface area (Å²) >= 11 is 0. The molecule has 0 aliphatic carbocycles. The van der Waals surface area contributed by atoms with Gasteiger partial charge in [-0.25, -0.2) is 0 Å². The summed E-state index contributed by atoms with van der Waals surface area (Å²) in [7, 11) is 0. The van der Waals surface area contributed by atoms with Gasteiger partial charge < -0.3 is 10.4 Å². The van der Waals surface area contributed by atoms with Crippen molar-refractivity contribution in [1.29, 1.82) is 0 Å². The Labute approximate surface area is 110 Å². The molecule has 0 bridgehead atoms. The second-order valence-corrected chi connectivity index (χ2v) is 5.14. The van der Waals surface area contributed by atoms with E-state index >= 15 is 0 Å². The molecule has 3 nitrogen and oxygen atoms in total. The average Bonchev–Trinajstić information content (AvgIpc) is 2.41. The van der Waals surface area contributed by atoms with E-state index in [2.05, 4.69) is 34.5 Å². The fraction of sp³-hybridized carbons (Fsp3) is 0.600. The molecule has 2 N–H and O–H groups in total. The van der Waals surface area contributed by atoms with Crippen molar-refractivity contribution < 1.29 is 5.11 Å². The first-order chi connectivity index (χ1) is 8.88. The number of benzene rings is 1. The van der Waals surface area contributed by atoms with E-state index in [9.17, 15) is 5.11 Å². The normalized spacial score (nSPS) is 17.2. The van der Waals surface area contributed by atoms with Crippen LogP contribution >= 0.6 is 0 Å². The van der Waals surface area contributed by atoms with Crippen molar-refractivity contribution in [2.75, 3.05) is 32.8 Å². The van der Waals surface area contributed by atoms with Gasteiger partial charge in [0.1, 0.15) is 0 Å². The summed E-state index contributed by atoms with van der Waals surface area (Å²) in [6, 6.07) is 10.5. The van der Waals surface area contributed by atoms with Gasteiger partial charge >= 0.3 is 0 Å². The Kier molecular flexibility index (Phi) is 5.65. The fourth-order valence-electron chi connectivity index (χ4n) is 2.65. The molecule has 0 saturated carbocycles. The molecule has 1 heterocycles. The molecular formula is C15H24N2O. The Bertz CT molecular complexity index is 323. The van der Waals surface area contributed by atoms with Gasteiger partial charge in [0.05, 0.1) is 6.61 Å². The molecule has 18 heavy (non-hydrogen) atoms. The predicted molar refractivity (Wildman–Crippen MR) is 74.4 cm³/mol. The summed E-state index contributed by atoms with van der Waals surface area (Å²) < 4.78 is 0. The van der Waals surface area contributed by atoms with Crippen LogP contribution in [0.3, 0.4) is 0 Å². The SMILES string of the molecule is OCCN(Cc1ccccc1)CC1CCNCC1. The molecule has 1 aliphatic heterocycles. The molecule has 2 rings (SSSR count). The first-order valence-corrected chi connectivity index (χ1v) is 6.96. The van der Waals surface area contributed by atoms with Crippen molar-refractivity contribution in [3.05, 3.63) is 35.9 Å². The smallest absolute Gasteiger partial charge is 0.0558 e. The van der Waals surface area contributed by atoms with Gasteiger partial charge in [-0.3, -0.25) is 4.90 Å². The van der Waals surface area contributed by atoms with Crippen molar-refractivity contribution in [3.63, 3.8) is 0 Å². The van der Waals surface area contributed by atoms with Gasteiger partial charge in [-0.1, -0.05) is 30.3 Å². The van der Waals surface area contributed by atoms with E-state index in [1.165, 1.54) is 18.4 Å². The molecule has 1 aromatic carbocycles. The van der Waals surface area contributed by atoms with Crippen LogP contribution in [0.15, 0.2) is 30.3 Å². The first kappa shape index (κ1) is 13.5. The number of hydrogen-bond donors (Lipinski definition) is 2. The van der Waals surface area contributed by atoms with Crippen molar-refractivity contribution in [3.8, 4) is 0 Å². The van der Waals surface area contributed by atoms with E-state index < -0.39 is 0 Å². The van der Waals surface area contributed by atoms with Gasteiger partial charge in [0.15, 0.2) is 0 Å². The molecule has 1 fully saturated rings. The Morgan fingerprint density at radius 2 is 1.89 bits per heavy atom. The second kappa shape index (κ2) is 7.52. The van der Waals surface area contributed by atoms with E-state index in [4.69, 9.17) is 0 Å². The van der Waals surface area contributed by atoms with E-state index in [-0.39, 0.29) is 6.61 Å². The second-order valence-electron chi connectivity index (χ2n) is 5.14. The van der Waals surface area contributed by atoms with Crippen LogP contribution in [0.5, 0.6) is 0 Å². The lowest BCUT2D eigenvalue weighted by Crippen LogP contribution is -2.37. The minimum absolute atomic E-state index is 0.248. The zero-order valence-electron chi connectivity index (χ0n) is 11.0. The summed E-state index contributed by atoms with van der Waals surface area (Å²) in [5, 5.41) is 12.6. The van der Waals surface area contributed by atoms with Gasteiger partial charge in [0.2, 0.25) is 0 Å². The molecule has 1 aromatic rings. The standard InChI is InChI=1S/C15H24N2O/c18-11-10-17(12-14-4-2-1-3-5-14)13-15-6-8-16-9-7-15/h1-5,15-16,18H,6-13H2. The minimum Gasteiger partial charge on any atom is -0.395 e. The number of aliphatic hydroxyl groups excluding tert-OH is 1. The summed E-state index contributed by atoms with van der Waals surface area (Å²) in [5.41, 5.74) is 1.33. The van der Waals surface area contributed by atoms with Crippen molar-refractivity contribution in [2.24, 2.45) is 5.92 Å². The molecule has 0 unspecified atom stereocenters. The summed E-state index contributed by atoms with van der Waals surface area (Å²) in [6.45, 7) is 5.37. The maximum atomic E-state index is 9.19. The molecule has 1 aliphatic rings. The minimum atomic E-state index is 0.248. The number of piperidine rings is 1. The van der Waals surface area contributed by atoms with E-state index in [0.717, 1.165) is 38.6 Å².